The molecule has 20 heavy (non-hydrogen) atoms. The van der Waals surface area contributed by atoms with Crippen molar-refractivity contribution >= 4 is 17.3 Å². The molecule has 1 aromatic rings. The second kappa shape index (κ2) is 7.84. The number of nitrogens with zero attached hydrogens (tertiary/aromatic N) is 3. The van der Waals surface area contributed by atoms with Gasteiger partial charge in [-0.1, -0.05) is 12.8 Å². The highest BCUT2D eigenvalue weighted by atomic mass is 35.5. The topological polar surface area (TPSA) is 87.1 Å². The van der Waals surface area contributed by atoms with Gasteiger partial charge < -0.3 is 0 Å². The van der Waals surface area contributed by atoms with E-state index in [4.69, 9.17) is 11.6 Å². The van der Waals surface area contributed by atoms with Gasteiger partial charge in [0.15, 0.2) is 0 Å². The van der Waals surface area contributed by atoms with Gasteiger partial charge in [-0.25, -0.2) is 4.79 Å². The van der Waals surface area contributed by atoms with Crippen molar-refractivity contribution in [3.8, 4) is 0 Å². The highest BCUT2D eigenvalue weighted by Crippen LogP contribution is 2.04. The maximum Gasteiger partial charge on any atom is 0.350 e. The van der Waals surface area contributed by atoms with Crippen molar-refractivity contribution in [2.75, 3.05) is 5.88 Å². The van der Waals surface area contributed by atoms with Crippen LogP contribution < -0.4 is 11.2 Å². The van der Waals surface area contributed by atoms with E-state index in [2.05, 4.69) is 0 Å². The van der Waals surface area contributed by atoms with E-state index in [1.807, 2.05) is 0 Å². The third kappa shape index (κ3) is 3.93. The monoisotopic (exact) mass is 303 g/mol. The minimum absolute atomic E-state index is 0.196. The number of aromatic nitrogens is 2. The second-order valence-corrected chi connectivity index (χ2v) is 4.78. The molecular formula is C12H18ClN3O4. The Morgan fingerprint density at radius 2 is 1.90 bits per heavy atom. The highest BCUT2D eigenvalue weighted by molar-refractivity contribution is 6.17. The third-order valence-electron chi connectivity index (χ3n) is 3.02. The number of nitro groups is 1. The fraction of sp³-hybridized carbons (Fsp3) is 0.667. The van der Waals surface area contributed by atoms with Gasteiger partial charge in [-0.05, 0) is 19.8 Å². The predicted octanol–water partition coefficient (Wildman–Crippen LogP) is 1.74. The first-order valence-electron chi connectivity index (χ1n) is 6.57. The molecule has 0 spiro atoms. The van der Waals surface area contributed by atoms with Crippen LogP contribution in [0.1, 0.15) is 32.6 Å². The summed E-state index contributed by atoms with van der Waals surface area (Å²) >= 11 is 5.56. The Balaban J connectivity index is 2.99. The molecule has 0 aliphatic carbocycles. The molecule has 0 saturated heterocycles. The van der Waals surface area contributed by atoms with Crippen molar-refractivity contribution in [1.29, 1.82) is 0 Å². The number of halogens is 1. The van der Waals surface area contributed by atoms with Crippen LogP contribution in [0.5, 0.6) is 0 Å². The summed E-state index contributed by atoms with van der Waals surface area (Å²) < 4.78 is 2.13. The molecular weight excluding hydrogens is 286 g/mol. The van der Waals surface area contributed by atoms with Crippen LogP contribution in [0.25, 0.3) is 0 Å². The first kappa shape index (κ1) is 16.4. The van der Waals surface area contributed by atoms with Crippen LogP contribution in [-0.4, -0.2) is 19.9 Å². The molecule has 112 valence electrons. The lowest BCUT2D eigenvalue weighted by Crippen LogP contribution is -2.40. The summed E-state index contributed by atoms with van der Waals surface area (Å²) in [5.41, 5.74) is -1.89. The van der Waals surface area contributed by atoms with Gasteiger partial charge in [-0.15, -0.1) is 11.6 Å². The second-order valence-electron chi connectivity index (χ2n) is 4.40. The number of alkyl halides is 1. The van der Waals surface area contributed by atoms with Crippen molar-refractivity contribution in [3.05, 3.63) is 37.1 Å². The first-order chi connectivity index (χ1) is 9.52. The molecule has 0 saturated carbocycles. The first-order valence-corrected chi connectivity index (χ1v) is 7.11. The van der Waals surface area contributed by atoms with E-state index >= 15 is 0 Å². The van der Waals surface area contributed by atoms with Gasteiger partial charge in [-0.2, -0.15) is 0 Å². The maximum atomic E-state index is 12.0. The van der Waals surface area contributed by atoms with Crippen LogP contribution in [0.4, 0.5) is 5.69 Å². The zero-order chi connectivity index (χ0) is 15.1. The third-order valence-corrected chi connectivity index (χ3v) is 3.29. The Kier molecular flexibility index (Phi) is 6.44. The zero-order valence-electron chi connectivity index (χ0n) is 11.4. The van der Waals surface area contributed by atoms with Crippen molar-refractivity contribution in [3.63, 3.8) is 0 Å². The molecule has 7 nitrogen and oxygen atoms in total. The normalized spacial score (nSPS) is 10.7. The largest absolute Gasteiger partial charge is 0.350 e. The Morgan fingerprint density at radius 1 is 1.25 bits per heavy atom. The number of hydrogen-bond donors (Lipinski definition) is 0. The van der Waals surface area contributed by atoms with E-state index < -0.39 is 21.9 Å². The molecule has 0 fully saturated rings. The zero-order valence-corrected chi connectivity index (χ0v) is 12.1. The van der Waals surface area contributed by atoms with Gasteiger partial charge in [0.25, 0.3) is 0 Å². The molecule has 0 radical (unpaired) electrons. The standard InChI is InChI=1S/C12H18ClN3O4/c1-2-14-9-10(16(19)20)11(17)15(12(14)18)8-6-4-3-5-7-13/h9H,2-8H2,1H3. The van der Waals surface area contributed by atoms with Crippen molar-refractivity contribution in [2.45, 2.75) is 45.7 Å². The van der Waals surface area contributed by atoms with Gasteiger partial charge in [0, 0.05) is 19.0 Å². The smallest absolute Gasteiger partial charge is 0.294 e. The summed E-state index contributed by atoms with van der Waals surface area (Å²) in [5, 5.41) is 10.8. The van der Waals surface area contributed by atoms with E-state index in [1.165, 1.54) is 4.57 Å². The Hall–Kier alpha value is -1.63. The van der Waals surface area contributed by atoms with Crippen LogP contribution in [0.3, 0.4) is 0 Å². The van der Waals surface area contributed by atoms with Crippen LogP contribution in [0.2, 0.25) is 0 Å². The van der Waals surface area contributed by atoms with Crippen LogP contribution in [0.15, 0.2) is 15.8 Å². The number of aryl methyl sites for hydroxylation is 1. The van der Waals surface area contributed by atoms with E-state index in [-0.39, 0.29) is 13.1 Å². The lowest BCUT2D eigenvalue weighted by atomic mass is 10.2. The number of hydrogen-bond acceptors (Lipinski definition) is 4. The summed E-state index contributed by atoms with van der Waals surface area (Å²) in [7, 11) is 0. The highest BCUT2D eigenvalue weighted by Gasteiger charge is 2.18. The molecule has 1 rings (SSSR count). The van der Waals surface area contributed by atoms with Crippen molar-refractivity contribution in [2.24, 2.45) is 0 Å². The molecule has 0 unspecified atom stereocenters. The quantitative estimate of drug-likeness (QED) is 0.317. The van der Waals surface area contributed by atoms with Crippen LogP contribution in [-0.2, 0) is 13.1 Å². The summed E-state index contributed by atoms with van der Waals surface area (Å²) in [4.78, 5) is 34.0. The summed E-state index contributed by atoms with van der Waals surface area (Å²) in [6.45, 7) is 2.17. The van der Waals surface area contributed by atoms with Crippen LogP contribution in [0, 0.1) is 10.1 Å². The molecule has 1 heterocycles. The van der Waals surface area contributed by atoms with E-state index in [0.717, 1.165) is 30.0 Å². The average Bonchev–Trinajstić information content (AvgIpc) is 2.41. The molecule has 8 heteroatoms. The van der Waals surface area contributed by atoms with Gasteiger partial charge in [-0.3, -0.25) is 24.0 Å². The van der Waals surface area contributed by atoms with E-state index in [0.29, 0.717) is 12.3 Å². The molecule has 0 aromatic carbocycles. The molecule has 0 N–H and O–H groups in total. The Labute approximate surface area is 120 Å². The van der Waals surface area contributed by atoms with Crippen molar-refractivity contribution < 1.29 is 4.92 Å². The van der Waals surface area contributed by atoms with Gasteiger partial charge >= 0.3 is 16.9 Å². The maximum absolute atomic E-state index is 12.0. The number of rotatable bonds is 8. The van der Waals surface area contributed by atoms with E-state index in [9.17, 15) is 19.7 Å². The minimum Gasteiger partial charge on any atom is -0.294 e. The molecule has 0 bridgehead atoms. The number of unbranched alkanes of at least 4 members (excludes halogenated alkanes) is 3. The molecule has 0 aliphatic heterocycles. The average molecular weight is 304 g/mol. The van der Waals surface area contributed by atoms with E-state index in [1.54, 1.807) is 6.92 Å². The predicted molar refractivity (Wildman–Crippen MR) is 76.5 cm³/mol. The van der Waals surface area contributed by atoms with Gasteiger partial charge in [0.1, 0.15) is 0 Å². The molecule has 0 amide bonds. The van der Waals surface area contributed by atoms with Crippen LogP contribution >= 0.6 is 11.6 Å². The Bertz CT molecular complexity index is 579. The molecule has 1 aromatic heterocycles. The summed E-state index contributed by atoms with van der Waals surface area (Å²) in [6, 6.07) is 0. The fourth-order valence-corrected chi connectivity index (χ4v) is 2.09. The SMILES string of the molecule is CCn1cc([N+](=O)[O-])c(=O)n(CCCCCCCl)c1=O. The fourth-order valence-electron chi connectivity index (χ4n) is 1.91. The summed E-state index contributed by atoms with van der Waals surface area (Å²) in [6.07, 6.45) is 4.25. The Morgan fingerprint density at radius 3 is 2.45 bits per heavy atom. The lowest BCUT2D eigenvalue weighted by Gasteiger charge is -2.08. The summed E-state index contributed by atoms with van der Waals surface area (Å²) in [5.74, 6) is 0.583. The molecule has 0 aliphatic rings. The van der Waals surface area contributed by atoms with Gasteiger partial charge in [0.05, 0.1) is 11.1 Å². The lowest BCUT2D eigenvalue weighted by molar-refractivity contribution is -0.387. The van der Waals surface area contributed by atoms with Gasteiger partial charge in [0.2, 0.25) is 0 Å². The van der Waals surface area contributed by atoms with Crippen molar-refractivity contribution in [1.82, 2.24) is 9.13 Å². The molecule has 0 atom stereocenters. The minimum atomic E-state index is -0.831.